The molecule has 0 aliphatic carbocycles. The van der Waals surface area contributed by atoms with Crippen LogP contribution in [0.5, 0.6) is 0 Å². The van der Waals surface area contributed by atoms with E-state index in [9.17, 15) is 14.4 Å². The van der Waals surface area contributed by atoms with E-state index in [-0.39, 0.29) is 6.54 Å². The van der Waals surface area contributed by atoms with Crippen molar-refractivity contribution in [2.45, 2.75) is 0 Å². The third kappa shape index (κ3) is 4.42. The summed E-state index contributed by atoms with van der Waals surface area (Å²) in [6.07, 6.45) is 1.58. The Morgan fingerprint density at radius 3 is 1.92 bits per heavy atom. The predicted molar refractivity (Wildman–Crippen MR) is 96.0 cm³/mol. The molecule has 129 valence electrons. The molecule has 0 unspecified atom stereocenters. The van der Waals surface area contributed by atoms with Crippen LogP contribution in [0.15, 0.2) is 60.7 Å². The standard InChI is InChI=1S/C18H19N4O3/c1-20(2)22(16-11-7-4-8-12-16)18(25)21(17(24)19-13-14-23)15-9-5-3-6-10-15/h3-12H,13H2,1-2H3,(H,19,24). The molecule has 7 nitrogen and oxygen atoms in total. The number of hydrogen-bond donors (Lipinski definition) is 1. The van der Waals surface area contributed by atoms with Gasteiger partial charge in [-0.1, -0.05) is 36.4 Å². The first kappa shape index (κ1) is 18.2. The largest absolute Gasteiger partial charge is 0.352 e. The lowest BCUT2D eigenvalue weighted by molar-refractivity contribution is 0.228. The lowest BCUT2D eigenvalue weighted by Crippen LogP contribution is -2.54. The molecule has 0 saturated heterocycles. The first-order valence-electron chi connectivity index (χ1n) is 7.60. The molecule has 0 aliphatic heterocycles. The van der Waals surface area contributed by atoms with Crippen molar-refractivity contribution in [2.75, 3.05) is 30.5 Å². The minimum Gasteiger partial charge on any atom is -0.330 e. The summed E-state index contributed by atoms with van der Waals surface area (Å²) in [6, 6.07) is 16.2. The molecule has 0 heterocycles. The van der Waals surface area contributed by atoms with Gasteiger partial charge in [-0.2, -0.15) is 0 Å². The molecule has 2 aromatic carbocycles. The molecule has 0 aliphatic rings. The van der Waals surface area contributed by atoms with Gasteiger partial charge in [-0.3, -0.25) is 4.79 Å². The molecule has 0 spiro atoms. The van der Waals surface area contributed by atoms with Crippen LogP contribution in [0.25, 0.3) is 0 Å². The lowest BCUT2D eigenvalue weighted by Gasteiger charge is -2.33. The van der Waals surface area contributed by atoms with Gasteiger partial charge in [0.05, 0.1) is 17.9 Å². The van der Waals surface area contributed by atoms with E-state index >= 15 is 0 Å². The topological polar surface area (TPSA) is 73.0 Å². The third-order valence-electron chi connectivity index (χ3n) is 3.30. The molecule has 1 N–H and O–H groups in total. The highest BCUT2D eigenvalue weighted by atomic mass is 16.2. The fraction of sp³-hybridized carbons (Fsp3) is 0.167. The smallest absolute Gasteiger partial charge is 0.330 e. The number of benzene rings is 2. The van der Waals surface area contributed by atoms with Gasteiger partial charge in [0, 0.05) is 14.1 Å². The Kier molecular flexibility index (Phi) is 6.25. The number of para-hydroxylation sites is 2. The fourth-order valence-electron chi connectivity index (χ4n) is 2.26. The number of amides is 4. The molecule has 2 rings (SSSR count). The maximum Gasteiger partial charge on any atom is 0.352 e. The number of hydrazine groups is 1. The van der Waals surface area contributed by atoms with E-state index in [1.54, 1.807) is 80.0 Å². The summed E-state index contributed by atoms with van der Waals surface area (Å²) in [6.45, 7) is -0.303. The van der Waals surface area contributed by atoms with Gasteiger partial charge in [0.2, 0.25) is 6.29 Å². The van der Waals surface area contributed by atoms with Crippen LogP contribution in [0.3, 0.4) is 0 Å². The Bertz CT molecular complexity index is 720. The number of imide groups is 1. The van der Waals surface area contributed by atoms with E-state index in [0.717, 1.165) is 4.90 Å². The van der Waals surface area contributed by atoms with Gasteiger partial charge >= 0.3 is 12.1 Å². The highest BCUT2D eigenvalue weighted by Crippen LogP contribution is 2.21. The van der Waals surface area contributed by atoms with Crippen LogP contribution < -0.4 is 15.2 Å². The number of carbonyl (C=O) groups excluding carboxylic acids is 3. The number of rotatable bonds is 5. The Morgan fingerprint density at radius 1 is 0.920 bits per heavy atom. The number of hydrogen-bond acceptors (Lipinski definition) is 4. The van der Waals surface area contributed by atoms with E-state index < -0.39 is 12.1 Å². The second kappa shape index (κ2) is 8.60. The predicted octanol–water partition coefficient (Wildman–Crippen LogP) is 2.42. The van der Waals surface area contributed by atoms with Crippen molar-refractivity contribution in [3.8, 4) is 0 Å². The molecule has 7 heteroatoms. The van der Waals surface area contributed by atoms with Crippen molar-refractivity contribution >= 4 is 29.7 Å². The second-order valence-electron chi connectivity index (χ2n) is 5.25. The van der Waals surface area contributed by atoms with Crippen LogP contribution in [-0.2, 0) is 4.79 Å². The fourth-order valence-corrected chi connectivity index (χ4v) is 2.26. The number of nitrogens with zero attached hydrogens (tertiary/aromatic N) is 3. The highest BCUT2D eigenvalue weighted by molar-refractivity contribution is 6.18. The summed E-state index contributed by atoms with van der Waals surface area (Å²) in [5, 5.41) is 5.29. The van der Waals surface area contributed by atoms with E-state index in [1.807, 2.05) is 6.07 Å². The molecule has 4 amide bonds. The zero-order valence-electron chi connectivity index (χ0n) is 14.0. The molecular weight excluding hydrogens is 320 g/mol. The van der Waals surface area contributed by atoms with Gasteiger partial charge in [-0.25, -0.2) is 24.5 Å². The van der Waals surface area contributed by atoms with E-state index in [4.69, 9.17) is 0 Å². The van der Waals surface area contributed by atoms with Gasteiger partial charge in [0.15, 0.2) is 0 Å². The average molecular weight is 339 g/mol. The van der Waals surface area contributed by atoms with E-state index in [1.165, 1.54) is 5.01 Å². The molecule has 0 fully saturated rings. The van der Waals surface area contributed by atoms with Crippen LogP contribution in [0.1, 0.15) is 0 Å². The van der Waals surface area contributed by atoms with Gasteiger partial charge in [0.25, 0.3) is 0 Å². The molecular formula is C18H19N4O3. The highest BCUT2D eigenvalue weighted by Gasteiger charge is 2.30. The zero-order valence-corrected chi connectivity index (χ0v) is 14.0. The summed E-state index contributed by atoms with van der Waals surface area (Å²) >= 11 is 0. The molecule has 25 heavy (non-hydrogen) atoms. The number of anilines is 2. The minimum absolute atomic E-state index is 0.303. The molecule has 0 bridgehead atoms. The van der Waals surface area contributed by atoms with Crippen molar-refractivity contribution < 1.29 is 14.4 Å². The summed E-state index contributed by atoms with van der Waals surface area (Å²) < 4.78 is 0. The normalized spacial score (nSPS) is 10.2. The SMILES string of the molecule is CN(C)N(C(=O)N(C(=O)NC[C]=O)c1ccccc1)c1ccccc1. The third-order valence-corrected chi connectivity index (χ3v) is 3.30. The van der Waals surface area contributed by atoms with Gasteiger partial charge < -0.3 is 5.32 Å². The van der Waals surface area contributed by atoms with Crippen LogP contribution in [0.2, 0.25) is 0 Å². The first-order valence-corrected chi connectivity index (χ1v) is 7.60. The quantitative estimate of drug-likeness (QED) is 0.849. The lowest BCUT2D eigenvalue weighted by atomic mass is 10.3. The second-order valence-corrected chi connectivity index (χ2v) is 5.25. The van der Waals surface area contributed by atoms with Crippen molar-refractivity contribution in [3.63, 3.8) is 0 Å². The van der Waals surface area contributed by atoms with Crippen molar-refractivity contribution in [3.05, 3.63) is 60.7 Å². The number of nitrogens with one attached hydrogen (secondary N) is 1. The first-order chi connectivity index (χ1) is 12.1. The van der Waals surface area contributed by atoms with Crippen molar-refractivity contribution in [2.24, 2.45) is 0 Å². The maximum atomic E-state index is 13.1. The van der Waals surface area contributed by atoms with E-state index in [2.05, 4.69) is 5.32 Å². The van der Waals surface area contributed by atoms with Crippen LogP contribution in [0, 0.1) is 0 Å². The summed E-state index contributed by atoms with van der Waals surface area (Å²) in [5.74, 6) is 0. The number of carbonyl (C=O) groups is 2. The van der Waals surface area contributed by atoms with Gasteiger partial charge in [0.1, 0.15) is 0 Å². The average Bonchev–Trinajstić information content (AvgIpc) is 2.62. The van der Waals surface area contributed by atoms with Crippen LogP contribution in [0.4, 0.5) is 21.0 Å². The molecule has 1 radical (unpaired) electrons. The minimum atomic E-state index is -0.706. The summed E-state index contributed by atoms with van der Waals surface area (Å²) in [7, 11) is 3.40. The van der Waals surface area contributed by atoms with Crippen molar-refractivity contribution in [1.82, 2.24) is 10.3 Å². The molecule has 2 aromatic rings. The van der Waals surface area contributed by atoms with Crippen molar-refractivity contribution in [1.29, 1.82) is 0 Å². The Hall–Kier alpha value is -3.19. The molecule has 0 saturated carbocycles. The summed E-state index contributed by atoms with van der Waals surface area (Å²) in [4.78, 5) is 37.0. The molecule has 0 aromatic heterocycles. The zero-order chi connectivity index (χ0) is 18.2. The maximum absolute atomic E-state index is 13.1. The number of urea groups is 2. The monoisotopic (exact) mass is 339 g/mol. The van der Waals surface area contributed by atoms with Gasteiger partial charge in [-0.15, -0.1) is 0 Å². The Labute approximate surface area is 146 Å². The van der Waals surface area contributed by atoms with Crippen LogP contribution >= 0.6 is 0 Å². The Morgan fingerprint density at radius 2 is 1.44 bits per heavy atom. The Balaban J connectivity index is 2.42. The van der Waals surface area contributed by atoms with E-state index in [0.29, 0.717) is 11.4 Å². The molecule has 0 atom stereocenters. The van der Waals surface area contributed by atoms with Crippen LogP contribution in [-0.4, -0.2) is 44.0 Å². The summed E-state index contributed by atoms with van der Waals surface area (Å²) in [5.41, 5.74) is 0.992. The van der Waals surface area contributed by atoms with Gasteiger partial charge in [-0.05, 0) is 24.3 Å².